The highest BCUT2D eigenvalue weighted by molar-refractivity contribution is 6.23. The van der Waals surface area contributed by atoms with Crippen LogP contribution in [-0.2, 0) is 16.1 Å². The number of benzene rings is 1. The molecule has 1 rings (SSSR count). The Balaban J connectivity index is 2.57. The minimum atomic E-state index is -0.446. The summed E-state index contributed by atoms with van der Waals surface area (Å²) in [6.07, 6.45) is 1.17. The molecule has 1 aromatic carbocycles. The molecule has 0 atom stereocenters. The average molecular weight is 207 g/mol. The summed E-state index contributed by atoms with van der Waals surface area (Å²) in [7, 11) is 2.93. The largest absolute Gasteiger partial charge is 0.497 e. The van der Waals surface area contributed by atoms with Crippen molar-refractivity contribution in [1.82, 2.24) is 0 Å². The van der Waals surface area contributed by atoms with Crippen molar-refractivity contribution in [2.45, 2.75) is 6.54 Å². The number of hydrogen-bond donors (Lipinski definition) is 0. The van der Waals surface area contributed by atoms with E-state index in [4.69, 9.17) is 4.74 Å². The minimum absolute atomic E-state index is 0.437. The van der Waals surface area contributed by atoms with Gasteiger partial charge in [0, 0.05) is 0 Å². The van der Waals surface area contributed by atoms with Crippen LogP contribution in [0.5, 0.6) is 5.75 Å². The number of carbonyl (C=O) groups excluding carboxylic acids is 1. The van der Waals surface area contributed by atoms with E-state index in [1.165, 1.54) is 13.3 Å². The lowest BCUT2D eigenvalue weighted by atomic mass is 10.2. The zero-order valence-corrected chi connectivity index (χ0v) is 8.77. The van der Waals surface area contributed by atoms with Crippen LogP contribution in [0.25, 0.3) is 0 Å². The molecule has 0 aromatic heterocycles. The molecule has 0 amide bonds. The maximum Gasteiger partial charge on any atom is 0.348 e. The number of nitrogens with zero attached hydrogens (tertiary/aromatic N) is 1. The topological polar surface area (TPSA) is 47.9 Å². The van der Waals surface area contributed by atoms with E-state index in [9.17, 15) is 4.79 Å². The van der Waals surface area contributed by atoms with Gasteiger partial charge in [-0.2, -0.15) is 0 Å². The summed E-state index contributed by atoms with van der Waals surface area (Å²) in [6.45, 7) is 0.437. The molecular weight excluding hydrogens is 194 g/mol. The number of carbonyl (C=O) groups is 1. The Hall–Kier alpha value is -1.84. The summed E-state index contributed by atoms with van der Waals surface area (Å²) in [5.41, 5.74) is 0.981. The molecule has 0 saturated heterocycles. The molecule has 15 heavy (non-hydrogen) atoms. The van der Waals surface area contributed by atoms with Gasteiger partial charge in [-0.05, 0) is 17.7 Å². The highest BCUT2D eigenvalue weighted by Gasteiger charge is 1.95. The van der Waals surface area contributed by atoms with Gasteiger partial charge < -0.3 is 9.47 Å². The molecule has 0 heterocycles. The number of aliphatic imine (C=N–C) groups is 1. The molecule has 0 bridgehead atoms. The van der Waals surface area contributed by atoms with Crippen molar-refractivity contribution >= 4 is 12.2 Å². The van der Waals surface area contributed by atoms with Gasteiger partial charge in [-0.1, -0.05) is 12.1 Å². The molecule has 0 aliphatic carbocycles. The van der Waals surface area contributed by atoms with Crippen LogP contribution < -0.4 is 4.74 Å². The summed E-state index contributed by atoms with van der Waals surface area (Å²) >= 11 is 0. The van der Waals surface area contributed by atoms with Gasteiger partial charge in [-0.25, -0.2) is 4.79 Å². The Morgan fingerprint density at radius 1 is 1.47 bits per heavy atom. The zero-order chi connectivity index (χ0) is 11.1. The van der Waals surface area contributed by atoms with Crippen molar-refractivity contribution in [3.05, 3.63) is 29.8 Å². The van der Waals surface area contributed by atoms with Gasteiger partial charge in [0.25, 0.3) is 0 Å². The lowest BCUT2D eigenvalue weighted by Crippen LogP contribution is -2.01. The second kappa shape index (κ2) is 5.80. The van der Waals surface area contributed by atoms with E-state index in [-0.39, 0.29) is 0 Å². The van der Waals surface area contributed by atoms with Crippen molar-refractivity contribution in [2.24, 2.45) is 4.99 Å². The molecule has 4 nitrogen and oxygen atoms in total. The summed E-state index contributed by atoms with van der Waals surface area (Å²) in [4.78, 5) is 14.7. The Labute approximate surface area is 88.5 Å². The predicted molar refractivity (Wildman–Crippen MR) is 57.2 cm³/mol. The van der Waals surface area contributed by atoms with E-state index in [0.29, 0.717) is 6.54 Å². The fourth-order valence-electron chi connectivity index (χ4n) is 1.05. The summed E-state index contributed by atoms with van der Waals surface area (Å²) in [5.74, 6) is 0.332. The number of hydrogen-bond acceptors (Lipinski definition) is 4. The van der Waals surface area contributed by atoms with Crippen molar-refractivity contribution in [1.29, 1.82) is 0 Å². The van der Waals surface area contributed by atoms with E-state index >= 15 is 0 Å². The zero-order valence-electron chi connectivity index (χ0n) is 8.77. The first kappa shape index (κ1) is 11.2. The van der Waals surface area contributed by atoms with Crippen molar-refractivity contribution < 1.29 is 14.3 Å². The minimum Gasteiger partial charge on any atom is -0.497 e. The van der Waals surface area contributed by atoms with Crippen molar-refractivity contribution in [2.75, 3.05) is 14.2 Å². The number of ether oxygens (including phenoxy) is 2. The lowest BCUT2D eigenvalue weighted by Gasteiger charge is -2.01. The van der Waals surface area contributed by atoms with Crippen LogP contribution >= 0.6 is 0 Å². The molecule has 0 saturated carbocycles. The van der Waals surface area contributed by atoms with Gasteiger partial charge in [0.05, 0.1) is 20.8 Å². The quantitative estimate of drug-likeness (QED) is 0.554. The second-order valence-electron chi connectivity index (χ2n) is 2.84. The number of esters is 1. The summed E-state index contributed by atoms with van der Waals surface area (Å²) < 4.78 is 9.48. The number of methoxy groups -OCH3 is 2. The molecule has 0 N–H and O–H groups in total. The Morgan fingerprint density at radius 3 is 2.93 bits per heavy atom. The fraction of sp³-hybridized carbons (Fsp3) is 0.273. The monoisotopic (exact) mass is 207 g/mol. The van der Waals surface area contributed by atoms with Crippen LogP contribution in [0.4, 0.5) is 0 Å². The van der Waals surface area contributed by atoms with E-state index in [1.807, 2.05) is 24.3 Å². The average Bonchev–Trinajstić information content (AvgIpc) is 2.29. The van der Waals surface area contributed by atoms with E-state index in [1.54, 1.807) is 7.11 Å². The van der Waals surface area contributed by atoms with Crippen LogP contribution in [0.3, 0.4) is 0 Å². The van der Waals surface area contributed by atoms with E-state index < -0.39 is 5.97 Å². The maximum atomic E-state index is 10.7. The van der Waals surface area contributed by atoms with Gasteiger partial charge in [-0.15, -0.1) is 0 Å². The third kappa shape index (κ3) is 3.81. The smallest absolute Gasteiger partial charge is 0.348 e. The molecule has 0 aliphatic rings. The van der Waals surface area contributed by atoms with Crippen LogP contribution in [-0.4, -0.2) is 26.4 Å². The van der Waals surface area contributed by atoms with Gasteiger partial charge in [-0.3, -0.25) is 4.99 Å². The molecule has 0 radical (unpaired) electrons. The standard InChI is InChI=1S/C11H13NO3/c1-14-10-5-3-4-9(6-10)7-12-8-11(13)15-2/h3-6,8H,7H2,1-2H3. The maximum absolute atomic E-state index is 10.7. The van der Waals surface area contributed by atoms with Gasteiger partial charge in [0.15, 0.2) is 0 Å². The van der Waals surface area contributed by atoms with Crippen LogP contribution in [0.2, 0.25) is 0 Å². The molecule has 1 aromatic rings. The number of rotatable bonds is 4. The molecule has 0 fully saturated rings. The van der Waals surface area contributed by atoms with Gasteiger partial charge in [0.1, 0.15) is 12.0 Å². The summed E-state index contributed by atoms with van der Waals surface area (Å²) in [6, 6.07) is 7.51. The Bertz CT molecular complexity index is 361. The third-order valence-electron chi connectivity index (χ3n) is 1.81. The molecule has 0 unspecified atom stereocenters. The van der Waals surface area contributed by atoms with Crippen LogP contribution in [0.1, 0.15) is 5.56 Å². The first-order valence-electron chi connectivity index (χ1n) is 4.47. The van der Waals surface area contributed by atoms with Crippen LogP contribution in [0.15, 0.2) is 29.3 Å². The lowest BCUT2D eigenvalue weighted by molar-refractivity contribution is -0.132. The first-order valence-corrected chi connectivity index (χ1v) is 4.47. The van der Waals surface area contributed by atoms with Gasteiger partial charge >= 0.3 is 5.97 Å². The highest BCUT2D eigenvalue weighted by atomic mass is 16.5. The molecular formula is C11H13NO3. The second-order valence-corrected chi connectivity index (χ2v) is 2.84. The molecule has 4 heteroatoms. The first-order chi connectivity index (χ1) is 7.26. The normalized spacial score (nSPS) is 10.3. The summed E-state index contributed by atoms with van der Waals surface area (Å²) in [5, 5.41) is 0. The Morgan fingerprint density at radius 2 is 2.27 bits per heavy atom. The fourth-order valence-corrected chi connectivity index (χ4v) is 1.05. The third-order valence-corrected chi connectivity index (χ3v) is 1.81. The van der Waals surface area contributed by atoms with E-state index in [0.717, 1.165) is 11.3 Å². The highest BCUT2D eigenvalue weighted by Crippen LogP contribution is 2.12. The molecule has 0 spiro atoms. The predicted octanol–water partition coefficient (Wildman–Crippen LogP) is 1.44. The Kier molecular flexibility index (Phi) is 4.34. The van der Waals surface area contributed by atoms with Crippen molar-refractivity contribution in [3.63, 3.8) is 0 Å². The molecule has 0 aliphatic heterocycles. The van der Waals surface area contributed by atoms with Gasteiger partial charge in [0.2, 0.25) is 0 Å². The van der Waals surface area contributed by atoms with Crippen molar-refractivity contribution in [3.8, 4) is 5.75 Å². The van der Waals surface area contributed by atoms with E-state index in [2.05, 4.69) is 9.73 Å². The SMILES string of the molecule is COC(=O)C=NCc1cccc(OC)c1. The molecule has 80 valence electrons. The van der Waals surface area contributed by atoms with Crippen LogP contribution in [0, 0.1) is 0 Å².